The predicted molar refractivity (Wildman–Crippen MR) is 382 cm³/mol. The zero-order chi connectivity index (χ0) is 73.6. The summed E-state index contributed by atoms with van der Waals surface area (Å²) in [5.41, 5.74) is 9.62. The van der Waals surface area contributed by atoms with Crippen LogP contribution in [0.4, 0.5) is 26.2 Å². The maximum atomic E-state index is 13.9. The monoisotopic (exact) mass is 1450 g/mol. The van der Waals surface area contributed by atoms with Crippen molar-refractivity contribution in [2.45, 2.75) is 155 Å². The first-order chi connectivity index (χ1) is 49.0. The molecule has 0 radical (unpaired) electrons. The van der Waals surface area contributed by atoms with Crippen molar-refractivity contribution in [1.82, 2.24) is 50.5 Å². The molecule has 9 N–H and O–H groups in total. The number of nitrogens with zero attached hydrogens (tertiary/aromatic N) is 8. The third-order valence-corrected chi connectivity index (χ3v) is 21.7. The molecule has 2 unspecified atom stereocenters. The van der Waals surface area contributed by atoms with Crippen LogP contribution in [0.5, 0.6) is 0 Å². The average molecular weight is 1450 g/mol. The van der Waals surface area contributed by atoms with Crippen LogP contribution in [-0.4, -0.2) is 169 Å². The number of carbonyl (C=O) groups is 9. The van der Waals surface area contributed by atoms with Crippen LogP contribution >= 0.6 is 11.3 Å². The lowest BCUT2D eigenvalue weighted by molar-refractivity contribution is -0.248. The van der Waals surface area contributed by atoms with E-state index in [2.05, 4.69) is 50.4 Å². The number of unbranched alkanes of at least 4 members (excludes halogenated alkanes) is 2. The first-order valence-electron chi connectivity index (χ1n) is 34.7. The van der Waals surface area contributed by atoms with E-state index >= 15 is 0 Å². The number of rotatable bonds is 32. The van der Waals surface area contributed by atoms with Crippen LogP contribution in [0.25, 0.3) is 21.5 Å². The number of primary amides is 1. The maximum Gasteiger partial charge on any atom is 0.410 e. The van der Waals surface area contributed by atoms with Gasteiger partial charge in [0.15, 0.2) is 10.8 Å². The molecule has 548 valence electrons. The molecule has 4 atom stereocenters. The first kappa shape index (κ1) is 74.5. The van der Waals surface area contributed by atoms with Gasteiger partial charge in [-0.05, 0) is 159 Å². The molecule has 6 heterocycles. The summed E-state index contributed by atoms with van der Waals surface area (Å²) < 4.78 is 48.7. The lowest BCUT2D eigenvalue weighted by atomic mass is 9.39. The highest BCUT2D eigenvalue weighted by atomic mass is 32.2. The minimum atomic E-state index is -4.51. The Labute approximate surface area is 600 Å². The summed E-state index contributed by atoms with van der Waals surface area (Å²) in [6, 6.07) is 16.3. The van der Waals surface area contributed by atoms with Crippen LogP contribution in [0.15, 0.2) is 91.3 Å². The molecule has 4 aliphatic carbocycles. The van der Waals surface area contributed by atoms with Crippen LogP contribution in [0.1, 0.15) is 148 Å². The van der Waals surface area contributed by atoms with Gasteiger partial charge in [0, 0.05) is 98.7 Å². The third kappa shape index (κ3) is 18.2. The summed E-state index contributed by atoms with van der Waals surface area (Å²) in [4.78, 5) is 135. The van der Waals surface area contributed by atoms with Crippen molar-refractivity contribution in [3.63, 3.8) is 0 Å². The van der Waals surface area contributed by atoms with Crippen LogP contribution in [-0.2, 0) is 69.7 Å². The minimum absolute atomic E-state index is 0.0250. The standard InChI is InChI=1S/C72H88N14O15S2/c1-44(2)59(81-56(87)16-7-6-8-28-85-57(88)23-24-58(85)89)63(92)78-53(14-10-27-75-66(73)95)62(91)77-48-19-17-46(18-20-48)36-100-68(96)83(31-33-103(97,98)99)30-32-101-72-40-69(4)37-70(5,41-72)39-71(38-69,42-72)43-86-45(3)51(34-76-86)49-21-22-55(80-60(49)65(93)94)84-29-25-47-12-9-13-50(52(47)35-84)61(90)82-67-79-54-15-11-26-74-64(54)102-67/h9,11-13,15,17-24,26,34,44,53,59H,6-8,10,14,16,25,27-33,35-43H2,1-5H3,(H,77,91)(H,78,92)(H,81,87)(H,93,94)(H3,73,75,95)(H,79,82,90)(H,97,98,99)/t53-,59-,69?,70?,71?,72?/m0/s1. The second-order valence-electron chi connectivity index (χ2n) is 29.1. The molecule has 2 aromatic carbocycles. The largest absolute Gasteiger partial charge is 0.476 e. The normalized spacial score (nSPS) is 20.9. The SMILES string of the molecule is Cc1c(-c2ccc(N3CCc4cccc(C(=O)Nc5nc6cccnc6s5)c4C3)nc2C(=O)O)cnn1CC12CC3(C)CC(C)(C1)CC(OCCN(CCS(=O)(=O)O)C(=O)OCc1ccc(NC(=O)[C@H](CCCNC(N)=O)NC(=O)[C@@H](NC(=O)CCCCCN4C(=O)C=CC4=O)C(C)C)cc1)(C3)C2. The van der Waals surface area contributed by atoms with Gasteiger partial charge in [-0.25, -0.2) is 29.3 Å². The smallest absolute Gasteiger partial charge is 0.410 e. The van der Waals surface area contributed by atoms with Gasteiger partial charge in [0.05, 0.1) is 24.2 Å². The number of imide groups is 1. The number of carboxylic acids is 1. The molecule has 29 nitrogen and oxygen atoms in total. The number of hydrogen-bond donors (Lipinski definition) is 8. The Hall–Kier alpha value is -9.72. The quantitative estimate of drug-likeness (QED) is 0.0113. The van der Waals surface area contributed by atoms with E-state index in [1.807, 2.05) is 40.8 Å². The Morgan fingerprint density at radius 2 is 1.57 bits per heavy atom. The fourth-order valence-corrected chi connectivity index (χ4v) is 17.8. The number of thiazole rings is 1. The van der Waals surface area contributed by atoms with Crippen molar-refractivity contribution in [3.8, 4) is 11.1 Å². The van der Waals surface area contributed by atoms with Gasteiger partial charge in [-0.15, -0.1) is 0 Å². The molecule has 0 spiro atoms. The lowest BCUT2D eigenvalue weighted by Gasteiger charge is -2.69. The van der Waals surface area contributed by atoms with Gasteiger partial charge in [-0.2, -0.15) is 13.5 Å². The molecule has 103 heavy (non-hydrogen) atoms. The van der Waals surface area contributed by atoms with Crippen LogP contribution < -0.4 is 37.2 Å². The Balaban J connectivity index is 0.698. The van der Waals surface area contributed by atoms with Crippen molar-refractivity contribution in [3.05, 3.63) is 125 Å². The van der Waals surface area contributed by atoms with E-state index in [-0.39, 0.29) is 97.7 Å². The second kappa shape index (κ2) is 31.1. The summed E-state index contributed by atoms with van der Waals surface area (Å²) in [5.74, 6) is -4.57. The summed E-state index contributed by atoms with van der Waals surface area (Å²) in [6.45, 7) is 11.0. The lowest BCUT2D eigenvalue weighted by Crippen LogP contribution is -2.64. The number of hydrogen-bond acceptors (Lipinski definition) is 19. The van der Waals surface area contributed by atoms with Crippen molar-refractivity contribution < 1.29 is 70.7 Å². The Morgan fingerprint density at radius 3 is 2.27 bits per heavy atom. The third-order valence-electron chi connectivity index (χ3n) is 20.1. The highest BCUT2D eigenvalue weighted by Crippen LogP contribution is 2.72. The van der Waals surface area contributed by atoms with E-state index in [9.17, 15) is 61.2 Å². The summed E-state index contributed by atoms with van der Waals surface area (Å²) >= 11 is 1.29. The fraction of sp³-hybridized carbons (Fsp3) is 0.486. The van der Waals surface area contributed by atoms with E-state index in [1.54, 1.807) is 68.7 Å². The van der Waals surface area contributed by atoms with Gasteiger partial charge in [0.1, 0.15) is 34.9 Å². The summed E-state index contributed by atoms with van der Waals surface area (Å²) in [5, 5.41) is 29.8. The van der Waals surface area contributed by atoms with Crippen molar-refractivity contribution >= 4 is 102 Å². The maximum absolute atomic E-state index is 13.9. The Bertz CT molecular complexity index is 4340. The molecular weight excluding hydrogens is 1370 g/mol. The molecule has 6 aromatic rings. The van der Waals surface area contributed by atoms with Gasteiger partial charge in [-0.3, -0.25) is 48.2 Å². The number of carboxylic acid groups (broad SMARTS) is 1. The van der Waals surface area contributed by atoms with Crippen LogP contribution in [0, 0.1) is 29.1 Å². The molecule has 4 bridgehead atoms. The number of pyridine rings is 2. The molecule has 0 saturated heterocycles. The topological polar surface area (TPSA) is 399 Å². The Morgan fingerprint density at radius 1 is 0.825 bits per heavy atom. The van der Waals surface area contributed by atoms with E-state index in [4.69, 9.17) is 25.3 Å². The van der Waals surface area contributed by atoms with Gasteiger partial charge in [0.2, 0.25) is 17.7 Å². The number of nitrogens with two attached hydrogens (primary N) is 1. The number of carbonyl (C=O) groups excluding carboxylic acids is 8. The van der Waals surface area contributed by atoms with Crippen molar-refractivity contribution in [2.24, 2.45) is 27.9 Å². The van der Waals surface area contributed by atoms with E-state index in [0.717, 1.165) is 53.8 Å². The van der Waals surface area contributed by atoms with E-state index in [0.29, 0.717) is 101 Å². The summed E-state index contributed by atoms with van der Waals surface area (Å²) in [7, 11) is -4.51. The minimum Gasteiger partial charge on any atom is -0.476 e. The number of benzene rings is 2. The zero-order valence-electron chi connectivity index (χ0n) is 58.3. The molecule has 12 rings (SSSR count). The van der Waals surface area contributed by atoms with Crippen LogP contribution in [0.2, 0.25) is 0 Å². The number of fused-ring (bicyclic) bond motifs is 2. The number of ether oxygens (including phenoxy) is 2. The molecular formula is C72H88N14O15S2. The predicted octanol–water partition coefficient (Wildman–Crippen LogP) is 7.93. The molecule has 2 aliphatic heterocycles. The molecule has 4 saturated carbocycles. The molecule has 4 aromatic heterocycles. The number of aromatic carboxylic acids is 1. The van der Waals surface area contributed by atoms with Gasteiger partial charge in [-0.1, -0.05) is 69.7 Å². The van der Waals surface area contributed by atoms with Gasteiger partial charge >= 0.3 is 18.1 Å². The van der Waals surface area contributed by atoms with Crippen molar-refractivity contribution in [2.75, 3.05) is 60.6 Å². The zero-order valence-corrected chi connectivity index (χ0v) is 60.0. The Kier molecular flexibility index (Phi) is 22.5. The molecule has 9 amide bonds. The van der Waals surface area contributed by atoms with Crippen molar-refractivity contribution in [1.29, 1.82) is 0 Å². The number of anilines is 3. The van der Waals surface area contributed by atoms with Gasteiger partial charge in [0.25, 0.3) is 27.8 Å². The first-order valence-corrected chi connectivity index (χ1v) is 37.1. The fourth-order valence-electron chi connectivity index (χ4n) is 16.6. The highest BCUT2D eigenvalue weighted by Gasteiger charge is 2.66. The number of aromatic nitrogens is 5. The highest BCUT2D eigenvalue weighted by molar-refractivity contribution is 7.85. The number of urea groups is 1. The number of amides is 9. The molecule has 4 fully saturated rings. The summed E-state index contributed by atoms with van der Waals surface area (Å²) in [6.07, 6.45) is 12.4. The van der Waals surface area contributed by atoms with E-state index < -0.39 is 75.9 Å². The van der Waals surface area contributed by atoms with Crippen LogP contribution in [0.3, 0.4) is 0 Å². The van der Waals surface area contributed by atoms with E-state index in [1.165, 1.54) is 28.4 Å². The second-order valence-corrected chi connectivity index (χ2v) is 31.6. The van der Waals surface area contributed by atoms with Gasteiger partial charge < -0.3 is 51.4 Å². The molecule has 31 heteroatoms. The average Bonchev–Trinajstić information content (AvgIpc) is 0.895. The number of nitrogens with one attached hydrogen (secondary N) is 5. The molecule has 6 aliphatic rings.